The van der Waals surface area contributed by atoms with Crippen LogP contribution in [0.1, 0.15) is 22.3 Å². The minimum atomic E-state index is -7.30. The van der Waals surface area contributed by atoms with E-state index in [0.29, 0.717) is 11.1 Å². The van der Waals surface area contributed by atoms with Crippen LogP contribution in [0.2, 0.25) is 0 Å². The Balaban J connectivity index is 3.57. The summed E-state index contributed by atoms with van der Waals surface area (Å²) in [6, 6.07) is 1.51. The Morgan fingerprint density at radius 2 is 1.11 bits per heavy atom. The van der Waals surface area contributed by atoms with E-state index in [2.05, 4.69) is 0 Å². The van der Waals surface area contributed by atoms with Gasteiger partial charge in [-0.1, -0.05) is 6.07 Å². The molecule has 0 unspecified atom stereocenters. The van der Waals surface area contributed by atoms with Crippen LogP contribution in [-0.4, -0.2) is 31.7 Å². The van der Waals surface area contributed by atoms with Crippen LogP contribution in [0.3, 0.4) is 0 Å². The van der Waals surface area contributed by atoms with Crippen LogP contribution in [0.4, 0.5) is 45.2 Å². The molecule has 0 radical (unpaired) electrons. The van der Waals surface area contributed by atoms with E-state index < -0.39 is 39.0 Å². The molecule has 27 heavy (non-hydrogen) atoms. The molecule has 0 spiro atoms. The molecule has 1 rings (SSSR count). The quantitative estimate of drug-likeness (QED) is 0.661. The molecule has 0 saturated heterocycles. The monoisotopic (exact) mass is 431 g/mol. The van der Waals surface area contributed by atoms with E-state index in [1.54, 1.807) is 0 Å². The molecule has 13 heteroatoms. The lowest BCUT2D eigenvalue weighted by Crippen LogP contribution is -2.64. The highest BCUT2D eigenvalue weighted by Crippen LogP contribution is 2.55. The summed E-state index contributed by atoms with van der Waals surface area (Å²) >= 11 is 0. The Bertz CT molecular complexity index is 819. The van der Waals surface area contributed by atoms with Gasteiger partial charge >= 0.3 is 33.3 Å². The molecule has 0 aliphatic heterocycles. The lowest BCUT2D eigenvalue weighted by atomic mass is 9.99. The van der Waals surface area contributed by atoms with Gasteiger partial charge in [-0.3, -0.25) is 4.72 Å². The van der Waals surface area contributed by atoms with E-state index in [4.69, 9.17) is 0 Å². The second-order valence-electron chi connectivity index (χ2n) is 5.90. The Kier molecular flexibility index (Phi) is 5.59. The molecule has 156 valence electrons. The number of benzene rings is 1. The molecule has 0 bridgehead atoms. The summed E-state index contributed by atoms with van der Waals surface area (Å²) in [4.78, 5) is 0. The number of nitrogens with one attached hydrogen (secondary N) is 1. The van der Waals surface area contributed by atoms with E-state index >= 15 is 0 Å². The first-order valence-corrected chi connectivity index (χ1v) is 8.50. The normalized spacial score (nSPS) is 14.4. The molecule has 0 atom stereocenters. The summed E-state index contributed by atoms with van der Waals surface area (Å²) in [6.45, 7) is 5.29. The minimum Gasteiger partial charge on any atom is -0.278 e. The average molecular weight is 431 g/mol. The van der Waals surface area contributed by atoms with E-state index in [0.717, 1.165) is 4.72 Å². The molecule has 1 aromatic rings. The number of anilines is 1. The third kappa shape index (κ3) is 3.45. The maximum atomic E-state index is 13.8. The zero-order valence-electron chi connectivity index (χ0n) is 14.2. The van der Waals surface area contributed by atoms with Crippen molar-refractivity contribution >= 4 is 15.7 Å². The molecule has 0 amide bonds. The maximum Gasteiger partial charge on any atom is 0.460 e. The highest BCUT2D eigenvalue weighted by Gasteiger charge is 2.85. The van der Waals surface area contributed by atoms with Crippen molar-refractivity contribution in [3.05, 3.63) is 28.3 Å². The summed E-state index contributed by atoms with van der Waals surface area (Å²) < 4.78 is 141. The average Bonchev–Trinajstić information content (AvgIpc) is 2.47. The van der Waals surface area contributed by atoms with Crippen LogP contribution in [0.25, 0.3) is 0 Å². The van der Waals surface area contributed by atoms with Gasteiger partial charge in [0.25, 0.3) is 0 Å². The van der Waals surface area contributed by atoms with Crippen molar-refractivity contribution in [3.8, 4) is 0 Å². The number of alkyl halides is 9. The topological polar surface area (TPSA) is 46.2 Å². The van der Waals surface area contributed by atoms with Gasteiger partial charge in [0.2, 0.25) is 0 Å². The molecule has 0 saturated carbocycles. The molecule has 0 fully saturated rings. The molecular formula is C14H14F9NO2S. The van der Waals surface area contributed by atoms with Crippen LogP contribution >= 0.6 is 0 Å². The number of rotatable bonds is 5. The molecule has 0 aliphatic rings. The van der Waals surface area contributed by atoms with Gasteiger partial charge in [0.1, 0.15) is 0 Å². The zero-order chi connectivity index (χ0) is 21.8. The maximum absolute atomic E-state index is 13.8. The highest BCUT2D eigenvalue weighted by molar-refractivity contribution is 7.93. The van der Waals surface area contributed by atoms with Gasteiger partial charge in [-0.05, 0) is 49.9 Å². The Hall–Kier alpha value is -1.66. The summed E-state index contributed by atoms with van der Waals surface area (Å²) in [5.41, 5.74) is 0.0723. The summed E-state index contributed by atoms with van der Waals surface area (Å²) in [6.07, 6.45) is -7.11. The Morgan fingerprint density at radius 3 is 1.44 bits per heavy atom. The third-order valence-electron chi connectivity index (χ3n) is 4.06. The lowest BCUT2D eigenvalue weighted by molar-refractivity contribution is -0.382. The molecule has 1 aromatic carbocycles. The van der Waals surface area contributed by atoms with Gasteiger partial charge in [0, 0.05) is 0 Å². The van der Waals surface area contributed by atoms with Crippen molar-refractivity contribution in [3.63, 3.8) is 0 Å². The van der Waals surface area contributed by atoms with E-state index in [1.165, 1.54) is 33.8 Å². The smallest absolute Gasteiger partial charge is 0.278 e. The Morgan fingerprint density at radius 1 is 0.741 bits per heavy atom. The van der Waals surface area contributed by atoms with Crippen molar-refractivity contribution in [1.82, 2.24) is 0 Å². The Labute approximate surface area is 148 Å². The zero-order valence-corrected chi connectivity index (χ0v) is 15.0. The molecule has 0 aromatic heterocycles. The lowest BCUT2D eigenvalue weighted by Gasteiger charge is -2.33. The fourth-order valence-electron chi connectivity index (χ4n) is 2.10. The summed E-state index contributed by atoms with van der Waals surface area (Å²) in [7, 11) is -6.71. The summed E-state index contributed by atoms with van der Waals surface area (Å²) in [5, 5.41) is -6.78. The van der Waals surface area contributed by atoms with E-state index in [-0.39, 0.29) is 11.1 Å². The fraction of sp³-hybridized carbons (Fsp3) is 0.571. The standard InChI is InChI=1S/C14H14F9NO2S/c1-6-5-7(2)9(4)10(8(6)3)24-27(25,26)14(22,23)12(17,18)11(15,16)13(19,20)21/h5,24H,1-4H3. The van der Waals surface area contributed by atoms with Crippen molar-refractivity contribution in [2.75, 3.05) is 4.72 Å². The van der Waals surface area contributed by atoms with Gasteiger partial charge in [-0.15, -0.1) is 0 Å². The van der Waals surface area contributed by atoms with Crippen LogP contribution in [0.15, 0.2) is 6.07 Å². The largest absolute Gasteiger partial charge is 0.460 e. The van der Waals surface area contributed by atoms with Gasteiger partial charge in [0.15, 0.2) is 0 Å². The first kappa shape index (κ1) is 23.4. The van der Waals surface area contributed by atoms with Gasteiger partial charge in [-0.25, -0.2) is 0 Å². The second-order valence-corrected chi connectivity index (χ2v) is 7.63. The van der Waals surface area contributed by atoms with Gasteiger partial charge in [-0.2, -0.15) is 47.9 Å². The molecule has 3 nitrogen and oxygen atoms in total. The number of aryl methyl sites for hydroxylation is 2. The SMILES string of the molecule is Cc1cc(C)c(C)c(NS(=O)(=O)C(F)(F)C(F)(F)C(F)(F)C(F)(F)F)c1C. The number of hydrogen-bond acceptors (Lipinski definition) is 2. The van der Waals surface area contributed by atoms with Crippen LogP contribution in [0, 0.1) is 27.7 Å². The highest BCUT2D eigenvalue weighted by atomic mass is 32.2. The molecule has 0 aliphatic carbocycles. The van der Waals surface area contributed by atoms with E-state index in [1.807, 2.05) is 0 Å². The predicted octanol–water partition coefficient (Wildman–Crippen LogP) is 5.09. The minimum absolute atomic E-state index is 0.00312. The molecule has 1 N–H and O–H groups in total. The van der Waals surface area contributed by atoms with Crippen LogP contribution < -0.4 is 4.72 Å². The van der Waals surface area contributed by atoms with Crippen LogP contribution in [0.5, 0.6) is 0 Å². The van der Waals surface area contributed by atoms with E-state index in [9.17, 15) is 47.9 Å². The third-order valence-corrected chi connectivity index (χ3v) is 5.46. The summed E-state index contributed by atoms with van der Waals surface area (Å²) in [5.74, 6) is -14.6. The van der Waals surface area contributed by atoms with Crippen molar-refractivity contribution < 1.29 is 47.9 Å². The van der Waals surface area contributed by atoms with Crippen molar-refractivity contribution in [2.45, 2.75) is 51.0 Å². The van der Waals surface area contributed by atoms with Crippen molar-refractivity contribution in [2.24, 2.45) is 0 Å². The second kappa shape index (κ2) is 6.45. The predicted molar refractivity (Wildman–Crippen MR) is 78.8 cm³/mol. The van der Waals surface area contributed by atoms with Gasteiger partial charge in [0.05, 0.1) is 5.69 Å². The fourth-order valence-corrected chi connectivity index (χ4v) is 3.27. The first-order chi connectivity index (χ1) is 11.7. The number of sulfonamides is 1. The number of hydrogen-bond donors (Lipinski definition) is 1. The van der Waals surface area contributed by atoms with Crippen molar-refractivity contribution in [1.29, 1.82) is 0 Å². The van der Waals surface area contributed by atoms with Crippen LogP contribution in [-0.2, 0) is 10.0 Å². The molecular weight excluding hydrogens is 417 g/mol. The molecule has 0 heterocycles. The number of halogens is 9. The van der Waals surface area contributed by atoms with Gasteiger partial charge < -0.3 is 0 Å². The first-order valence-electron chi connectivity index (χ1n) is 7.02.